The molecule has 0 spiro atoms. The van der Waals surface area contributed by atoms with Crippen molar-refractivity contribution in [1.29, 1.82) is 0 Å². The van der Waals surface area contributed by atoms with Gasteiger partial charge in [-0.2, -0.15) is 0 Å². The first kappa shape index (κ1) is 21.0. The maximum atomic E-state index is 6.29. The molecule has 1 N–H and O–H groups in total. The highest BCUT2D eigenvalue weighted by Crippen LogP contribution is 2.30. The Morgan fingerprint density at radius 2 is 1.64 bits per heavy atom. The second-order valence-electron chi connectivity index (χ2n) is 6.46. The van der Waals surface area contributed by atoms with E-state index in [0.717, 1.165) is 44.0 Å². The van der Waals surface area contributed by atoms with Crippen LogP contribution in [0.4, 0.5) is 5.69 Å². The Kier molecular flexibility index (Phi) is 7.24. The number of nitrogens with one attached hydrogen (secondary N) is 1. The van der Waals surface area contributed by atoms with E-state index in [9.17, 15) is 0 Å². The van der Waals surface area contributed by atoms with E-state index < -0.39 is 0 Å². The SMILES string of the molecule is COc1ccc(NC(=S)N2CCN(Cc3c(Cl)cccc3Cl)CC2)cc1OC. The summed E-state index contributed by atoms with van der Waals surface area (Å²) in [6.07, 6.45) is 0. The molecule has 28 heavy (non-hydrogen) atoms. The Morgan fingerprint density at radius 3 is 2.25 bits per heavy atom. The summed E-state index contributed by atoms with van der Waals surface area (Å²) < 4.78 is 10.6. The monoisotopic (exact) mass is 439 g/mol. The Labute approximate surface area is 181 Å². The number of ether oxygens (including phenoxy) is 2. The average molecular weight is 440 g/mol. The van der Waals surface area contributed by atoms with Crippen molar-refractivity contribution in [3.8, 4) is 11.5 Å². The van der Waals surface area contributed by atoms with Crippen molar-refractivity contribution in [3.05, 3.63) is 52.0 Å². The summed E-state index contributed by atoms with van der Waals surface area (Å²) in [5.41, 5.74) is 1.85. The van der Waals surface area contributed by atoms with Gasteiger partial charge in [-0.3, -0.25) is 4.90 Å². The van der Waals surface area contributed by atoms with Gasteiger partial charge >= 0.3 is 0 Å². The van der Waals surface area contributed by atoms with Gasteiger partial charge in [0.25, 0.3) is 0 Å². The predicted molar refractivity (Wildman–Crippen MR) is 119 cm³/mol. The van der Waals surface area contributed by atoms with Gasteiger partial charge in [0.2, 0.25) is 0 Å². The molecular weight excluding hydrogens is 417 g/mol. The van der Waals surface area contributed by atoms with Crippen LogP contribution < -0.4 is 14.8 Å². The number of benzene rings is 2. The summed E-state index contributed by atoms with van der Waals surface area (Å²) in [5, 5.41) is 5.40. The van der Waals surface area contributed by atoms with Crippen molar-refractivity contribution >= 4 is 46.2 Å². The van der Waals surface area contributed by atoms with E-state index in [2.05, 4.69) is 15.1 Å². The minimum absolute atomic E-state index is 0.664. The first-order valence-electron chi connectivity index (χ1n) is 8.95. The summed E-state index contributed by atoms with van der Waals surface area (Å²) in [4.78, 5) is 4.50. The molecule has 0 atom stereocenters. The van der Waals surface area contributed by atoms with E-state index in [1.54, 1.807) is 14.2 Å². The van der Waals surface area contributed by atoms with Gasteiger partial charge in [-0.15, -0.1) is 0 Å². The molecule has 2 aromatic carbocycles. The second-order valence-corrected chi connectivity index (χ2v) is 7.66. The summed E-state index contributed by atoms with van der Waals surface area (Å²) in [6.45, 7) is 4.18. The first-order valence-corrected chi connectivity index (χ1v) is 10.1. The molecule has 0 aromatic heterocycles. The molecule has 150 valence electrons. The number of methoxy groups -OCH3 is 2. The molecular formula is C20H23Cl2N3O2S. The van der Waals surface area contributed by atoms with Crippen LogP contribution in [0.3, 0.4) is 0 Å². The molecule has 8 heteroatoms. The fraction of sp³-hybridized carbons (Fsp3) is 0.350. The van der Waals surface area contributed by atoms with Gasteiger partial charge in [0.15, 0.2) is 16.6 Å². The van der Waals surface area contributed by atoms with Crippen molar-refractivity contribution in [3.63, 3.8) is 0 Å². The van der Waals surface area contributed by atoms with Crippen LogP contribution in [0.5, 0.6) is 11.5 Å². The lowest BCUT2D eigenvalue weighted by molar-refractivity contribution is 0.177. The number of rotatable bonds is 5. The minimum Gasteiger partial charge on any atom is -0.493 e. The fourth-order valence-electron chi connectivity index (χ4n) is 3.13. The maximum Gasteiger partial charge on any atom is 0.173 e. The molecule has 0 saturated carbocycles. The van der Waals surface area contributed by atoms with Gasteiger partial charge in [0.05, 0.1) is 14.2 Å². The van der Waals surface area contributed by atoms with Gasteiger partial charge in [-0.1, -0.05) is 29.3 Å². The van der Waals surface area contributed by atoms with Crippen molar-refractivity contribution in [2.24, 2.45) is 0 Å². The fourth-order valence-corrected chi connectivity index (χ4v) is 3.95. The molecule has 0 aliphatic carbocycles. The normalized spacial score (nSPS) is 14.6. The van der Waals surface area contributed by atoms with Crippen LogP contribution >= 0.6 is 35.4 Å². The average Bonchev–Trinajstić information content (AvgIpc) is 2.71. The Morgan fingerprint density at radius 1 is 1.00 bits per heavy atom. The smallest absolute Gasteiger partial charge is 0.173 e. The van der Waals surface area contributed by atoms with Crippen molar-refractivity contribution in [2.75, 3.05) is 45.7 Å². The van der Waals surface area contributed by atoms with Crippen LogP contribution in [0, 0.1) is 0 Å². The van der Waals surface area contributed by atoms with E-state index in [4.69, 9.17) is 44.9 Å². The number of anilines is 1. The van der Waals surface area contributed by atoms with Crippen molar-refractivity contribution in [1.82, 2.24) is 9.80 Å². The Bertz CT molecular complexity index is 822. The van der Waals surface area contributed by atoms with Gasteiger partial charge in [0, 0.05) is 60.1 Å². The van der Waals surface area contributed by atoms with Gasteiger partial charge in [0.1, 0.15) is 0 Å². The summed E-state index contributed by atoms with van der Waals surface area (Å²) in [5.74, 6) is 1.35. The van der Waals surface area contributed by atoms with Crippen LogP contribution in [-0.4, -0.2) is 55.3 Å². The van der Waals surface area contributed by atoms with E-state index >= 15 is 0 Å². The van der Waals surface area contributed by atoms with E-state index in [1.807, 2.05) is 36.4 Å². The molecule has 0 bridgehead atoms. The number of nitrogens with zero attached hydrogens (tertiary/aromatic N) is 2. The van der Waals surface area contributed by atoms with Crippen LogP contribution in [0.1, 0.15) is 5.56 Å². The molecule has 0 unspecified atom stereocenters. The van der Waals surface area contributed by atoms with Gasteiger partial charge in [-0.05, 0) is 36.5 Å². The molecule has 2 aromatic rings. The van der Waals surface area contributed by atoms with Crippen molar-refractivity contribution < 1.29 is 9.47 Å². The number of hydrogen-bond acceptors (Lipinski definition) is 4. The standard InChI is InChI=1S/C20H23Cl2N3O2S/c1-26-18-7-6-14(12-19(18)27-2)23-20(28)25-10-8-24(9-11-25)13-15-16(21)4-3-5-17(15)22/h3-7,12H,8-11,13H2,1-2H3,(H,23,28). The molecule has 1 heterocycles. The van der Waals surface area contributed by atoms with Crippen LogP contribution in [0.15, 0.2) is 36.4 Å². The zero-order valence-electron chi connectivity index (χ0n) is 15.9. The quantitative estimate of drug-likeness (QED) is 0.689. The summed E-state index contributed by atoms with van der Waals surface area (Å²) >= 11 is 18.2. The zero-order valence-corrected chi connectivity index (χ0v) is 18.2. The van der Waals surface area contributed by atoms with E-state index in [-0.39, 0.29) is 0 Å². The molecule has 3 rings (SSSR count). The highest BCUT2D eigenvalue weighted by Gasteiger charge is 2.21. The summed E-state index contributed by atoms with van der Waals surface area (Å²) in [7, 11) is 3.23. The third kappa shape index (κ3) is 5.00. The highest BCUT2D eigenvalue weighted by atomic mass is 35.5. The Hall–Kier alpha value is -1.73. The molecule has 1 aliphatic rings. The topological polar surface area (TPSA) is 37.0 Å². The highest BCUT2D eigenvalue weighted by molar-refractivity contribution is 7.80. The molecule has 0 amide bonds. The van der Waals surface area contributed by atoms with Crippen molar-refractivity contribution in [2.45, 2.75) is 6.54 Å². The third-order valence-electron chi connectivity index (χ3n) is 4.74. The molecule has 1 fully saturated rings. The van der Waals surface area contributed by atoms with Crippen LogP contribution in [0.2, 0.25) is 10.0 Å². The molecule has 1 aliphatic heterocycles. The van der Waals surface area contributed by atoms with Gasteiger partial charge < -0.3 is 19.7 Å². The largest absolute Gasteiger partial charge is 0.493 e. The maximum absolute atomic E-state index is 6.29. The number of piperazine rings is 1. The Balaban J connectivity index is 1.55. The number of halogens is 2. The molecule has 1 saturated heterocycles. The lowest BCUT2D eigenvalue weighted by Crippen LogP contribution is -2.49. The molecule has 0 radical (unpaired) electrons. The molecule has 5 nitrogen and oxygen atoms in total. The van der Waals surface area contributed by atoms with Crippen LogP contribution in [-0.2, 0) is 6.54 Å². The summed E-state index contributed by atoms with van der Waals surface area (Å²) in [6, 6.07) is 11.3. The minimum atomic E-state index is 0.664. The lowest BCUT2D eigenvalue weighted by Gasteiger charge is -2.36. The second kappa shape index (κ2) is 9.65. The van der Waals surface area contributed by atoms with E-state index in [0.29, 0.717) is 26.7 Å². The number of thiocarbonyl (C=S) groups is 1. The first-order chi connectivity index (χ1) is 13.5. The predicted octanol–water partition coefficient (Wildman–Crippen LogP) is 4.53. The zero-order chi connectivity index (χ0) is 20.1. The van der Waals surface area contributed by atoms with Crippen LogP contribution in [0.25, 0.3) is 0 Å². The lowest BCUT2D eigenvalue weighted by atomic mass is 10.2. The number of hydrogen-bond donors (Lipinski definition) is 1. The van der Waals surface area contributed by atoms with E-state index in [1.165, 1.54) is 0 Å². The third-order valence-corrected chi connectivity index (χ3v) is 5.81. The van der Waals surface area contributed by atoms with Gasteiger partial charge in [-0.25, -0.2) is 0 Å².